The highest BCUT2D eigenvalue weighted by atomic mass is 19.1. The largest absolute Gasteiger partial charge is 0.378 e. The molecule has 0 aliphatic carbocycles. The van der Waals surface area contributed by atoms with E-state index < -0.39 is 0 Å². The summed E-state index contributed by atoms with van der Waals surface area (Å²) in [6.07, 6.45) is 1.57. The van der Waals surface area contributed by atoms with Gasteiger partial charge in [0.15, 0.2) is 5.82 Å². The van der Waals surface area contributed by atoms with Crippen molar-refractivity contribution in [1.29, 1.82) is 0 Å². The van der Waals surface area contributed by atoms with Gasteiger partial charge in [0.05, 0.1) is 24.9 Å². The minimum Gasteiger partial charge on any atom is -0.378 e. The molecule has 4 rings (SSSR count). The maximum Gasteiger partial charge on any atom is 0.151 e. The molecular weight excluding hydrogens is 319 g/mol. The van der Waals surface area contributed by atoms with Crippen LogP contribution >= 0.6 is 0 Å². The molecular formula is C19H19FN4O. The molecule has 0 N–H and O–H groups in total. The van der Waals surface area contributed by atoms with E-state index >= 15 is 0 Å². The van der Waals surface area contributed by atoms with Crippen LogP contribution in [-0.2, 0) is 11.3 Å². The van der Waals surface area contributed by atoms with Crippen LogP contribution in [-0.4, -0.2) is 39.4 Å². The fraction of sp³-hybridized carbons (Fsp3) is 0.263. The molecule has 2 aromatic carbocycles. The average Bonchev–Trinajstić information content (AvgIpc) is 3.12. The van der Waals surface area contributed by atoms with Gasteiger partial charge in [0.1, 0.15) is 12.1 Å². The zero-order chi connectivity index (χ0) is 17.1. The minimum atomic E-state index is -0.213. The number of nitrogens with zero attached hydrogens (tertiary/aromatic N) is 4. The van der Waals surface area contributed by atoms with E-state index in [9.17, 15) is 4.39 Å². The van der Waals surface area contributed by atoms with Crippen molar-refractivity contribution in [1.82, 2.24) is 19.7 Å². The normalized spacial score (nSPS) is 18.4. The monoisotopic (exact) mass is 338 g/mol. The molecule has 0 unspecified atom stereocenters. The molecule has 0 spiro atoms. The van der Waals surface area contributed by atoms with Gasteiger partial charge in [0.25, 0.3) is 0 Å². The smallest absolute Gasteiger partial charge is 0.151 e. The first-order chi connectivity index (χ1) is 12.3. The molecule has 1 saturated heterocycles. The van der Waals surface area contributed by atoms with Crippen molar-refractivity contribution < 1.29 is 9.13 Å². The van der Waals surface area contributed by atoms with Crippen LogP contribution < -0.4 is 0 Å². The van der Waals surface area contributed by atoms with Crippen molar-refractivity contribution in [3.05, 3.63) is 78.1 Å². The van der Waals surface area contributed by atoms with Crippen molar-refractivity contribution in [3.8, 4) is 5.69 Å². The van der Waals surface area contributed by atoms with Crippen LogP contribution in [0.4, 0.5) is 4.39 Å². The Morgan fingerprint density at radius 2 is 2.00 bits per heavy atom. The maximum atomic E-state index is 13.5. The fourth-order valence-corrected chi connectivity index (χ4v) is 3.18. The van der Waals surface area contributed by atoms with Gasteiger partial charge in [-0.2, -0.15) is 5.10 Å². The molecule has 25 heavy (non-hydrogen) atoms. The molecule has 3 aromatic rings. The van der Waals surface area contributed by atoms with E-state index in [0.717, 1.165) is 23.6 Å². The summed E-state index contributed by atoms with van der Waals surface area (Å²) in [5.41, 5.74) is 1.91. The topological polar surface area (TPSA) is 43.2 Å². The second-order valence-electron chi connectivity index (χ2n) is 6.06. The van der Waals surface area contributed by atoms with Crippen LogP contribution in [0.15, 0.2) is 60.9 Å². The zero-order valence-corrected chi connectivity index (χ0v) is 13.8. The van der Waals surface area contributed by atoms with Crippen LogP contribution in [0.2, 0.25) is 0 Å². The van der Waals surface area contributed by atoms with Crippen LogP contribution in [0.5, 0.6) is 0 Å². The third kappa shape index (κ3) is 3.45. The number of hydrogen-bond acceptors (Lipinski definition) is 4. The molecule has 1 aromatic heterocycles. The quantitative estimate of drug-likeness (QED) is 0.733. The number of ether oxygens (including phenoxy) is 1. The Morgan fingerprint density at radius 1 is 1.12 bits per heavy atom. The number of halogens is 1. The number of hydrogen-bond donors (Lipinski definition) is 0. The van der Waals surface area contributed by atoms with Crippen molar-refractivity contribution in [2.24, 2.45) is 0 Å². The Morgan fingerprint density at radius 3 is 2.84 bits per heavy atom. The van der Waals surface area contributed by atoms with E-state index in [2.05, 4.69) is 15.0 Å². The second kappa shape index (κ2) is 7.13. The Hall–Kier alpha value is -2.57. The van der Waals surface area contributed by atoms with Gasteiger partial charge in [-0.3, -0.25) is 4.90 Å². The lowest BCUT2D eigenvalue weighted by molar-refractivity contribution is -0.0167. The molecule has 1 aliphatic rings. The zero-order valence-electron chi connectivity index (χ0n) is 13.8. The summed E-state index contributed by atoms with van der Waals surface area (Å²) in [6, 6.07) is 16.6. The summed E-state index contributed by atoms with van der Waals surface area (Å²) in [4.78, 5) is 6.75. The van der Waals surface area contributed by atoms with Crippen molar-refractivity contribution >= 4 is 0 Å². The van der Waals surface area contributed by atoms with E-state index in [1.807, 2.05) is 41.1 Å². The van der Waals surface area contributed by atoms with Gasteiger partial charge in [-0.15, -0.1) is 0 Å². The predicted octanol–water partition coefficient (Wildman–Crippen LogP) is 2.98. The first kappa shape index (κ1) is 15.9. The first-order valence-electron chi connectivity index (χ1n) is 8.33. The number of benzene rings is 2. The minimum absolute atomic E-state index is 0.0280. The lowest BCUT2D eigenvalue weighted by atomic mass is 10.1. The number of aromatic nitrogens is 3. The third-order valence-electron chi connectivity index (χ3n) is 4.39. The number of para-hydroxylation sites is 1. The van der Waals surface area contributed by atoms with Gasteiger partial charge in [-0.1, -0.05) is 30.3 Å². The van der Waals surface area contributed by atoms with Crippen molar-refractivity contribution in [2.45, 2.75) is 12.6 Å². The highest BCUT2D eigenvalue weighted by Crippen LogP contribution is 2.26. The van der Waals surface area contributed by atoms with Gasteiger partial charge in [-0.25, -0.2) is 14.1 Å². The van der Waals surface area contributed by atoms with E-state index in [-0.39, 0.29) is 11.9 Å². The van der Waals surface area contributed by atoms with Crippen molar-refractivity contribution in [3.63, 3.8) is 0 Å². The Balaban J connectivity index is 1.63. The van der Waals surface area contributed by atoms with Gasteiger partial charge in [-0.05, 0) is 29.8 Å². The molecule has 6 heteroatoms. The van der Waals surface area contributed by atoms with Gasteiger partial charge in [0, 0.05) is 13.1 Å². The molecule has 1 aliphatic heterocycles. The van der Waals surface area contributed by atoms with Crippen LogP contribution in [0.25, 0.3) is 5.69 Å². The van der Waals surface area contributed by atoms with E-state index in [1.54, 1.807) is 18.5 Å². The second-order valence-corrected chi connectivity index (χ2v) is 6.06. The van der Waals surface area contributed by atoms with E-state index in [1.165, 1.54) is 6.07 Å². The lowest BCUT2D eigenvalue weighted by Crippen LogP contribution is -2.40. The molecule has 0 saturated carbocycles. The molecule has 128 valence electrons. The summed E-state index contributed by atoms with van der Waals surface area (Å²) in [6.45, 7) is 2.61. The van der Waals surface area contributed by atoms with Gasteiger partial charge >= 0.3 is 0 Å². The molecule has 1 atom stereocenters. The van der Waals surface area contributed by atoms with Crippen LogP contribution in [0.3, 0.4) is 0 Å². The lowest BCUT2D eigenvalue weighted by Gasteiger charge is -2.35. The standard InChI is InChI=1S/C19H19FN4O/c20-16-6-4-5-15(11-16)12-23-9-10-25-13-18(23)19-21-14-22-24(19)17-7-2-1-3-8-17/h1-8,11,14,18H,9-10,12-13H2/t18-/m0/s1. The summed E-state index contributed by atoms with van der Waals surface area (Å²) < 4.78 is 21.0. The average molecular weight is 338 g/mol. The number of morpholine rings is 1. The van der Waals surface area contributed by atoms with E-state index in [0.29, 0.717) is 19.8 Å². The third-order valence-corrected chi connectivity index (χ3v) is 4.39. The molecule has 5 nitrogen and oxygen atoms in total. The van der Waals surface area contributed by atoms with Gasteiger partial charge < -0.3 is 4.74 Å². The van der Waals surface area contributed by atoms with E-state index in [4.69, 9.17) is 4.74 Å². The molecule has 1 fully saturated rings. The Kier molecular flexibility index (Phi) is 4.54. The molecule has 0 amide bonds. The van der Waals surface area contributed by atoms with Crippen LogP contribution in [0.1, 0.15) is 17.4 Å². The molecule has 0 bridgehead atoms. The van der Waals surface area contributed by atoms with Crippen molar-refractivity contribution in [2.75, 3.05) is 19.8 Å². The highest BCUT2D eigenvalue weighted by Gasteiger charge is 2.29. The fourth-order valence-electron chi connectivity index (χ4n) is 3.18. The van der Waals surface area contributed by atoms with Gasteiger partial charge in [0.2, 0.25) is 0 Å². The SMILES string of the molecule is Fc1cccc(CN2CCOC[C@H]2c2ncnn2-c2ccccc2)c1. The van der Waals surface area contributed by atoms with Crippen LogP contribution in [0, 0.1) is 5.82 Å². The Bertz CT molecular complexity index is 836. The molecule has 2 heterocycles. The first-order valence-corrected chi connectivity index (χ1v) is 8.33. The number of rotatable bonds is 4. The Labute approximate surface area is 145 Å². The summed E-state index contributed by atoms with van der Waals surface area (Å²) >= 11 is 0. The maximum absolute atomic E-state index is 13.5. The summed E-state index contributed by atoms with van der Waals surface area (Å²) in [7, 11) is 0. The summed E-state index contributed by atoms with van der Waals surface area (Å²) in [5.74, 6) is 0.622. The predicted molar refractivity (Wildman–Crippen MR) is 91.7 cm³/mol. The summed E-state index contributed by atoms with van der Waals surface area (Å²) in [5, 5.41) is 4.38. The molecule has 0 radical (unpaired) electrons. The highest BCUT2D eigenvalue weighted by molar-refractivity contribution is 5.31.